The minimum Gasteiger partial charge on any atom is -0.229 e. The third-order valence-electron chi connectivity index (χ3n) is 1.62. The van der Waals surface area contributed by atoms with Crippen molar-refractivity contribution in [1.82, 2.24) is 0 Å². The molecule has 2 nitrogen and oxygen atoms in total. The van der Waals surface area contributed by atoms with Gasteiger partial charge in [0.15, 0.2) is 0 Å². The van der Waals surface area contributed by atoms with E-state index in [1.165, 1.54) is 6.26 Å². The van der Waals surface area contributed by atoms with Gasteiger partial charge in [0, 0.05) is 12.0 Å². The van der Waals surface area contributed by atoms with Crippen LogP contribution in [0.15, 0.2) is 12.2 Å². The molecule has 0 aliphatic rings. The highest BCUT2D eigenvalue weighted by atomic mass is 32.2. The Kier molecular flexibility index (Phi) is 6.07. The van der Waals surface area contributed by atoms with Crippen molar-refractivity contribution < 1.29 is 8.42 Å². The highest BCUT2D eigenvalue weighted by Crippen LogP contribution is 2.02. The van der Waals surface area contributed by atoms with Crippen LogP contribution >= 0.6 is 0 Å². The quantitative estimate of drug-likeness (QED) is 0.475. The first-order valence-corrected chi connectivity index (χ1v) is 6.41. The molecule has 0 rings (SSSR count). The van der Waals surface area contributed by atoms with Crippen LogP contribution in [0.25, 0.3) is 0 Å². The molecule has 0 fully saturated rings. The number of allylic oxidation sites excluding steroid dienone is 2. The molecule has 0 saturated carbocycles. The molecule has 0 aromatic heterocycles. The summed E-state index contributed by atoms with van der Waals surface area (Å²) >= 11 is 0. The van der Waals surface area contributed by atoms with Gasteiger partial charge in [-0.3, -0.25) is 0 Å². The van der Waals surface area contributed by atoms with E-state index in [-0.39, 0.29) is 0 Å². The summed E-state index contributed by atoms with van der Waals surface area (Å²) in [7, 11) is -2.73. The molecule has 12 heavy (non-hydrogen) atoms. The largest absolute Gasteiger partial charge is 0.229 e. The van der Waals surface area contributed by atoms with Crippen molar-refractivity contribution >= 4 is 9.84 Å². The Morgan fingerprint density at radius 1 is 1.17 bits per heavy atom. The topological polar surface area (TPSA) is 34.1 Å². The first-order chi connectivity index (χ1) is 5.56. The van der Waals surface area contributed by atoms with Crippen LogP contribution in [0.1, 0.15) is 32.6 Å². The van der Waals surface area contributed by atoms with E-state index in [9.17, 15) is 8.42 Å². The Morgan fingerprint density at radius 2 is 1.83 bits per heavy atom. The van der Waals surface area contributed by atoms with E-state index in [1.54, 1.807) is 0 Å². The van der Waals surface area contributed by atoms with E-state index in [1.807, 2.05) is 13.0 Å². The minimum absolute atomic E-state index is 0.336. The normalized spacial score (nSPS) is 12.5. The summed E-state index contributed by atoms with van der Waals surface area (Å²) < 4.78 is 21.4. The molecule has 0 atom stereocenters. The zero-order valence-electron chi connectivity index (χ0n) is 7.91. The molecular weight excluding hydrogens is 172 g/mol. The van der Waals surface area contributed by atoms with Crippen LogP contribution < -0.4 is 0 Å². The molecule has 0 amide bonds. The van der Waals surface area contributed by atoms with E-state index in [2.05, 4.69) is 6.08 Å². The van der Waals surface area contributed by atoms with Gasteiger partial charge in [0.05, 0.1) is 0 Å². The first-order valence-electron chi connectivity index (χ1n) is 4.35. The van der Waals surface area contributed by atoms with Gasteiger partial charge in [-0.15, -0.1) is 0 Å². The van der Waals surface area contributed by atoms with Crippen LogP contribution in [-0.2, 0) is 9.84 Å². The standard InChI is InChI=1S/C9H18O2S/c1-3-4-5-6-7-8-9-12(2,10)11/h3-4H,5-9H2,1-2H3/b4-3+. The molecule has 0 radical (unpaired) electrons. The van der Waals surface area contributed by atoms with Crippen LogP contribution in [0.5, 0.6) is 0 Å². The maximum atomic E-state index is 10.7. The average molecular weight is 190 g/mol. The number of rotatable bonds is 6. The summed E-state index contributed by atoms with van der Waals surface area (Å²) in [5, 5.41) is 0. The Bertz CT molecular complexity index is 215. The summed E-state index contributed by atoms with van der Waals surface area (Å²) in [6.07, 6.45) is 9.41. The zero-order chi connectivity index (χ0) is 9.45. The van der Waals surface area contributed by atoms with Crippen molar-refractivity contribution in [1.29, 1.82) is 0 Å². The van der Waals surface area contributed by atoms with Crippen LogP contribution in [-0.4, -0.2) is 20.4 Å². The summed E-state index contributed by atoms with van der Waals surface area (Å²) in [6.45, 7) is 2.00. The number of hydrogen-bond donors (Lipinski definition) is 0. The van der Waals surface area contributed by atoms with E-state index in [4.69, 9.17) is 0 Å². The lowest BCUT2D eigenvalue weighted by molar-refractivity contribution is 0.595. The van der Waals surface area contributed by atoms with Crippen molar-refractivity contribution in [2.45, 2.75) is 32.6 Å². The van der Waals surface area contributed by atoms with Crippen LogP contribution in [0.2, 0.25) is 0 Å². The second-order valence-corrected chi connectivity index (χ2v) is 5.31. The van der Waals surface area contributed by atoms with Crippen molar-refractivity contribution in [3.8, 4) is 0 Å². The molecule has 0 aliphatic heterocycles. The molecule has 0 saturated heterocycles. The number of unbranched alkanes of at least 4 members (excludes halogenated alkanes) is 3. The van der Waals surface area contributed by atoms with E-state index < -0.39 is 9.84 Å². The molecule has 0 bridgehead atoms. The predicted molar refractivity (Wildman–Crippen MR) is 53.0 cm³/mol. The van der Waals surface area contributed by atoms with Crippen molar-refractivity contribution in [2.75, 3.05) is 12.0 Å². The SMILES string of the molecule is C/C=C/CCCCCS(C)(=O)=O. The summed E-state index contributed by atoms with van der Waals surface area (Å²) in [5.74, 6) is 0.336. The minimum atomic E-state index is -2.73. The maximum absolute atomic E-state index is 10.7. The Balaban J connectivity index is 3.23. The van der Waals surface area contributed by atoms with Crippen molar-refractivity contribution in [3.63, 3.8) is 0 Å². The van der Waals surface area contributed by atoms with Gasteiger partial charge < -0.3 is 0 Å². The maximum Gasteiger partial charge on any atom is 0.147 e. The van der Waals surface area contributed by atoms with Gasteiger partial charge in [-0.1, -0.05) is 18.6 Å². The second-order valence-electron chi connectivity index (χ2n) is 3.05. The highest BCUT2D eigenvalue weighted by Gasteiger charge is 1.99. The summed E-state index contributed by atoms with van der Waals surface area (Å²) in [6, 6.07) is 0. The van der Waals surface area contributed by atoms with E-state index >= 15 is 0 Å². The fraction of sp³-hybridized carbons (Fsp3) is 0.778. The lowest BCUT2D eigenvalue weighted by Crippen LogP contribution is -2.02. The third-order valence-corrected chi connectivity index (χ3v) is 2.65. The number of hydrogen-bond acceptors (Lipinski definition) is 2. The third kappa shape index (κ3) is 9.69. The van der Waals surface area contributed by atoms with E-state index in [0.717, 1.165) is 25.7 Å². The van der Waals surface area contributed by atoms with Crippen molar-refractivity contribution in [2.24, 2.45) is 0 Å². The molecule has 0 spiro atoms. The van der Waals surface area contributed by atoms with Crippen LogP contribution in [0.4, 0.5) is 0 Å². The second kappa shape index (κ2) is 6.23. The van der Waals surface area contributed by atoms with Gasteiger partial charge in [0.25, 0.3) is 0 Å². The molecule has 0 unspecified atom stereocenters. The smallest absolute Gasteiger partial charge is 0.147 e. The fourth-order valence-electron chi connectivity index (χ4n) is 0.970. The lowest BCUT2D eigenvalue weighted by Gasteiger charge is -1.96. The van der Waals surface area contributed by atoms with Crippen LogP contribution in [0.3, 0.4) is 0 Å². The van der Waals surface area contributed by atoms with Crippen molar-refractivity contribution in [3.05, 3.63) is 12.2 Å². The Labute approximate surface area is 75.6 Å². The monoisotopic (exact) mass is 190 g/mol. The molecule has 3 heteroatoms. The Hall–Kier alpha value is -0.310. The summed E-state index contributed by atoms with van der Waals surface area (Å²) in [4.78, 5) is 0. The molecule has 0 aliphatic carbocycles. The zero-order valence-corrected chi connectivity index (χ0v) is 8.73. The molecule has 72 valence electrons. The first kappa shape index (κ1) is 11.7. The average Bonchev–Trinajstić information content (AvgIpc) is 1.94. The molecule has 0 aromatic carbocycles. The summed E-state index contributed by atoms with van der Waals surface area (Å²) in [5.41, 5.74) is 0. The van der Waals surface area contributed by atoms with Gasteiger partial charge in [0.2, 0.25) is 0 Å². The van der Waals surface area contributed by atoms with Gasteiger partial charge in [-0.25, -0.2) is 8.42 Å². The molecule has 0 heterocycles. The predicted octanol–water partition coefficient (Wildman–Crippen LogP) is 2.17. The van der Waals surface area contributed by atoms with Gasteiger partial charge in [-0.2, -0.15) is 0 Å². The molecular formula is C9H18O2S. The molecule has 0 aromatic rings. The fourth-order valence-corrected chi connectivity index (χ4v) is 1.70. The Morgan fingerprint density at radius 3 is 2.33 bits per heavy atom. The van der Waals surface area contributed by atoms with Crippen LogP contribution in [0, 0.1) is 0 Å². The highest BCUT2D eigenvalue weighted by molar-refractivity contribution is 7.90. The van der Waals surface area contributed by atoms with Gasteiger partial charge >= 0.3 is 0 Å². The van der Waals surface area contributed by atoms with E-state index in [0.29, 0.717) is 5.75 Å². The number of sulfone groups is 1. The molecule has 0 N–H and O–H groups in total. The van der Waals surface area contributed by atoms with Gasteiger partial charge in [-0.05, 0) is 26.2 Å². The lowest BCUT2D eigenvalue weighted by atomic mass is 10.2. The van der Waals surface area contributed by atoms with Gasteiger partial charge in [0.1, 0.15) is 9.84 Å².